The van der Waals surface area contributed by atoms with Crippen molar-refractivity contribution < 1.29 is 4.79 Å². The van der Waals surface area contributed by atoms with Crippen molar-refractivity contribution in [3.05, 3.63) is 64.4 Å². The molecule has 0 aliphatic carbocycles. The van der Waals surface area contributed by atoms with Gasteiger partial charge >= 0.3 is 0 Å². The number of nitrogens with zero attached hydrogens (tertiary/aromatic N) is 3. The summed E-state index contributed by atoms with van der Waals surface area (Å²) in [6.07, 6.45) is 2.16. The maximum atomic E-state index is 12.1. The highest BCUT2D eigenvalue weighted by Gasteiger charge is 2.09. The van der Waals surface area contributed by atoms with Crippen molar-refractivity contribution in [2.45, 2.75) is 33.1 Å². The summed E-state index contributed by atoms with van der Waals surface area (Å²) >= 11 is 1.44. The van der Waals surface area contributed by atoms with E-state index in [4.69, 9.17) is 0 Å². The Morgan fingerprint density at radius 3 is 2.56 bits per heavy atom. The molecule has 0 bridgehead atoms. The normalized spacial score (nSPS) is 10.6. The molecule has 0 radical (unpaired) electrons. The molecule has 140 valence electrons. The van der Waals surface area contributed by atoms with Crippen LogP contribution in [0.1, 0.15) is 29.1 Å². The monoisotopic (exact) mass is 381 g/mol. The van der Waals surface area contributed by atoms with E-state index in [0.717, 1.165) is 29.9 Å². The SMILES string of the molecule is Cc1cc(C)nc(Nc2nc(CC(=O)NCCCc3ccccc3)cs2)n1. The Labute approximate surface area is 163 Å². The lowest BCUT2D eigenvalue weighted by atomic mass is 10.1. The minimum atomic E-state index is -0.0115. The Hall–Kier alpha value is -2.80. The van der Waals surface area contributed by atoms with Gasteiger partial charge < -0.3 is 10.6 Å². The van der Waals surface area contributed by atoms with Crippen LogP contribution in [-0.2, 0) is 17.6 Å². The lowest BCUT2D eigenvalue weighted by Crippen LogP contribution is -2.26. The highest BCUT2D eigenvalue weighted by atomic mass is 32.1. The van der Waals surface area contributed by atoms with Crippen LogP contribution in [-0.4, -0.2) is 27.4 Å². The van der Waals surface area contributed by atoms with Crippen LogP contribution in [0.15, 0.2) is 41.8 Å². The number of aryl methyl sites for hydroxylation is 3. The molecular weight excluding hydrogens is 358 g/mol. The van der Waals surface area contributed by atoms with Crippen LogP contribution in [0.5, 0.6) is 0 Å². The van der Waals surface area contributed by atoms with Crippen molar-refractivity contribution >= 4 is 28.3 Å². The number of anilines is 2. The Balaban J connectivity index is 1.43. The molecule has 7 heteroatoms. The average Bonchev–Trinajstić information content (AvgIpc) is 3.05. The van der Waals surface area contributed by atoms with E-state index in [1.165, 1.54) is 16.9 Å². The van der Waals surface area contributed by atoms with Gasteiger partial charge in [-0.15, -0.1) is 11.3 Å². The smallest absolute Gasteiger partial charge is 0.229 e. The fourth-order valence-electron chi connectivity index (χ4n) is 2.72. The molecule has 0 saturated carbocycles. The van der Waals surface area contributed by atoms with E-state index < -0.39 is 0 Å². The molecule has 0 saturated heterocycles. The summed E-state index contributed by atoms with van der Waals surface area (Å²) < 4.78 is 0. The standard InChI is InChI=1S/C20H23N5OS/c1-14-11-15(2)23-19(22-14)25-20-24-17(13-27-20)12-18(26)21-10-6-9-16-7-4-3-5-8-16/h3-5,7-8,11,13H,6,9-10,12H2,1-2H3,(H,21,26)(H,22,23,24,25). The maximum absolute atomic E-state index is 12.1. The lowest BCUT2D eigenvalue weighted by molar-refractivity contribution is -0.120. The quantitative estimate of drug-likeness (QED) is 0.583. The molecule has 0 aliphatic rings. The molecule has 1 aromatic carbocycles. The number of benzene rings is 1. The Morgan fingerprint density at radius 2 is 1.81 bits per heavy atom. The van der Waals surface area contributed by atoms with Crippen LogP contribution in [0, 0.1) is 13.8 Å². The second-order valence-electron chi connectivity index (χ2n) is 6.36. The molecule has 0 fully saturated rings. The molecule has 27 heavy (non-hydrogen) atoms. The van der Waals surface area contributed by atoms with Crippen molar-refractivity contribution in [2.75, 3.05) is 11.9 Å². The summed E-state index contributed by atoms with van der Waals surface area (Å²) in [5, 5.41) is 8.63. The summed E-state index contributed by atoms with van der Waals surface area (Å²) in [6, 6.07) is 12.2. The number of thiazole rings is 1. The topological polar surface area (TPSA) is 79.8 Å². The van der Waals surface area contributed by atoms with Gasteiger partial charge in [0, 0.05) is 23.3 Å². The summed E-state index contributed by atoms with van der Waals surface area (Å²) in [7, 11) is 0. The third kappa shape index (κ3) is 6.14. The van der Waals surface area contributed by atoms with Gasteiger partial charge in [0.05, 0.1) is 12.1 Å². The number of amides is 1. The van der Waals surface area contributed by atoms with Gasteiger partial charge in [0.1, 0.15) is 0 Å². The van der Waals surface area contributed by atoms with Crippen LogP contribution >= 0.6 is 11.3 Å². The van der Waals surface area contributed by atoms with E-state index in [2.05, 4.69) is 37.7 Å². The average molecular weight is 382 g/mol. The van der Waals surface area contributed by atoms with Gasteiger partial charge in [-0.05, 0) is 38.3 Å². The zero-order valence-corrected chi connectivity index (χ0v) is 16.3. The number of rotatable bonds is 8. The van der Waals surface area contributed by atoms with E-state index >= 15 is 0 Å². The molecule has 1 amide bonds. The highest BCUT2D eigenvalue weighted by Crippen LogP contribution is 2.19. The van der Waals surface area contributed by atoms with Crippen molar-refractivity contribution in [1.29, 1.82) is 0 Å². The molecule has 0 atom stereocenters. The Kier molecular flexibility index (Phi) is 6.49. The van der Waals surface area contributed by atoms with E-state index in [1.54, 1.807) is 0 Å². The minimum Gasteiger partial charge on any atom is -0.356 e. The lowest BCUT2D eigenvalue weighted by Gasteiger charge is -2.04. The first-order valence-corrected chi connectivity index (χ1v) is 9.81. The number of hydrogen-bond acceptors (Lipinski definition) is 6. The first kappa shape index (κ1) is 19.0. The molecule has 2 aromatic heterocycles. The summed E-state index contributed by atoms with van der Waals surface area (Å²) in [4.78, 5) is 25.2. The number of aromatic nitrogens is 3. The van der Waals surface area contributed by atoms with Gasteiger partial charge in [-0.25, -0.2) is 15.0 Å². The molecule has 0 unspecified atom stereocenters. The summed E-state index contributed by atoms with van der Waals surface area (Å²) in [6.45, 7) is 4.52. The Morgan fingerprint density at radius 1 is 1.07 bits per heavy atom. The van der Waals surface area contributed by atoms with Gasteiger partial charge in [0.2, 0.25) is 11.9 Å². The largest absolute Gasteiger partial charge is 0.356 e. The van der Waals surface area contributed by atoms with E-state index in [9.17, 15) is 4.79 Å². The zero-order valence-electron chi connectivity index (χ0n) is 15.5. The van der Waals surface area contributed by atoms with Crippen molar-refractivity contribution in [3.63, 3.8) is 0 Å². The third-order valence-corrected chi connectivity index (χ3v) is 4.71. The van der Waals surface area contributed by atoms with E-state index in [-0.39, 0.29) is 12.3 Å². The van der Waals surface area contributed by atoms with Crippen LogP contribution in [0.25, 0.3) is 0 Å². The number of carbonyl (C=O) groups is 1. The second kappa shape index (κ2) is 9.23. The van der Waals surface area contributed by atoms with Gasteiger partial charge in [0.25, 0.3) is 0 Å². The van der Waals surface area contributed by atoms with Crippen molar-refractivity contribution in [3.8, 4) is 0 Å². The highest BCUT2D eigenvalue weighted by molar-refractivity contribution is 7.13. The van der Waals surface area contributed by atoms with Gasteiger partial charge in [0.15, 0.2) is 5.13 Å². The molecule has 2 N–H and O–H groups in total. The van der Waals surface area contributed by atoms with Crippen LogP contribution < -0.4 is 10.6 Å². The molecular formula is C20H23N5OS. The zero-order chi connectivity index (χ0) is 19.1. The second-order valence-corrected chi connectivity index (χ2v) is 7.22. The summed E-state index contributed by atoms with van der Waals surface area (Å²) in [5.74, 6) is 0.515. The van der Waals surface area contributed by atoms with Gasteiger partial charge in [-0.1, -0.05) is 30.3 Å². The predicted octanol–water partition coefficient (Wildman–Crippen LogP) is 3.59. The fourth-order valence-corrected chi connectivity index (χ4v) is 3.42. The van der Waals surface area contributed by atoms with Crippen LogP contribution in [0.3, 0.4) is 0 Å². The molecule has 0 aliphatic heterocycles. The summed E-state index contributed by atoms with van der Waals surface area (Å²) in [5.41, 5.74) is 3.83. The molecule has 3 rings (SSSR count). The molecule has 0 spiro atoms. The molecule has 3 aromatic rings. The minimum absolute atomic E-state index is 0.0115. The fraction of sp³-hybridized carbons (Fsp3) is 0.300. The molecule has 2 heterocycles. The van der Waals surface area contributed by atoms with Gasteiger partial charge in [-0.2, -0.15) is 0 Å². The van der Waals surface area contributed by atoms with Crippen molar-refractivity contribution in [1.82, 2.24) is 20.3 Å². The van der Waals surface area contributed by atoms with E-state index in [0.29, 0.717) is 17.6 Å². The number of nitrogens with one attached hydrogen (secondary N) is 2. The molecule has 6 nitrogen and oxygen atoms in total. The predicted molar refractivity (Wildman–Crippen MR) is 108 cm³/mol. The number of carbonyl (C=O) groups excluding carboxylic acids is 1. The maximum Gasteiger partial charge on any atom is 0.229 e. The third-order valence-electron chi connectivity index (χ3n) is 3.90. The van der Waals surface area contributed by atoms with Crippen LogP contribution in [0.4, 0.5) is 11.1 Å². The Bertz CT molecular complexity index is 874. The van der Waals surface area contributed by atoms with Gasteiger partial charge in [-0.3, -0.25) is 4.79 Å². The first-order valence-electron chi connectivity index (χ1n) is 8.93. The number of hydrogen-bond donors (Lipinski definition) is 2. The van der Waals surface area contributed by atoms with Crippen molar-refractivity contribution in [2.24, 2.45) is 0 Å². The first-order chi connectivity index (χ1) is 13.1. The van der Waals surface area contributed by atoms with E-state index in [1.807, 2.05) is 43.5 Å². The van der Waals surface area contributed by atoms with Crippen LogP contribution in [0.2, 0.25) is 0 Å².